The van der Waals surface area contributed by atoms with E-state index in [4.69, 9.17) is 35.4 Å². The van der Waals surface area contributed by atoms with E-state index in [1.807, 2.05) is 111 Å². The maximum Gasteiger partial charge on any atom is 0.252 e. The Balaban J connectivity index is 0.000000135. The first kappa shape index (κ1) is 104. The molecule has 20 atom stereocenters. The van der Waals surface area contributed by atoms with Gasteiger partial charge in [0.25, 0.3) is 23.6 Å². The lowest BCUT2D eigenvalue weighted by molar-refractivity contribution is -0.770. The lowest BCUT2D eigenvalue weighted by atomic mass is 9.43. The zero-order valence-corrected chi connectivity index (χ0v) is 88.7. The van der Waals surface area contributed by atoms with Crippen LogP contribution in [0.3, 0.4) is 0 Å². The number of benzene rings is 6. The summed E-state index contributed by atoms with van der Waals surface area (Å²) >= 11 is 5.70. The molecule has 4 aliphatic heterocycles. The van der Waals surface area contributed by atoms with Gasteiger partial charge < -0.3 is 55.3 Å². The van der Waals surface area contributed by atoms with Gasteiger partial charge in [-0.3, -0.25) is 19.2 Å². The van der Waals surface area contributed by atoms with E-state index in [9.17, 15) is 29.4 Å². The van der Waals surface area contributed by atoms with Crippen molar-refractivity contribution in [3.8, 4) is 45.9 Å². The molecule has 0 spiro atoms. The van der Waals surface area contributed by atoms with Gasteiger partial charge in [-0.15, -0.1) is 0 Å². The lowest BCUT2D eigenvalue weighted by Gasteiger charge is -2.65. The number of aromatic nitrogens is 9. The molecule has 139 heavy (non-hydrogen) atoms. The number of rotatable bonds is 16. The maximum absolute atomic E-state index is 12.9. The topological polar surface area (TPSA) is 294 Å². The third kappa shape index (κ3) is 17.5. The van der Waals surface area contributed by atoms with Gasteiger partial charge >= 0.3 is 0 Å². The zero-order valence-electron chi connectivity index (χ0n) is 87.9. The van der Waals surface area contributed by atoms with Gasteiger partial charge in [0.15, 0.2) is 16.4 Å². The van der Waals surface area contributed by atoms with Crippen molar-refractivity contribution in [3.63, 3.8) is 0 Å². The van der Waals surface area contributed by atoms with Gasteiger partial charge in [-0.2, -0.15) is 4.68 Å². The van der Waals surface area contributed by atoms with Crippen LogP contribution in [0, 0.1) is 108 Å². The second-order valence-corrected chi connectivity index (χ2v) is 46.8. The fraction of sp³-hybridized carbons (Fsp3) is 0.640. The van der Waals surface area contributed by atoms with Crippen LogP contribution in [0.5, 0.6) is 34.5 Å². The molecule has 6 heterocycles. The average Bonchev–Trinajstić information content (AvgIpc) is 1.48. The molecule has 25 heteroatoms. The van der Waals surface area contributed by atoms with Crippen molar-refractivity contribution in [1.29, 1.82) is 0 Å². The van der Waals surface area contributed by atoms with E-state index in [2.05, 4.69) is 218 Å². The van der Waals surface area contributed by atoms with Crippen LogP contribution < -0.4 is 49.8 Å². The molecule has 6 N–H and O–H groups in total. The summed E-state index contributed by atoms with van der Waals surface area (Å²) in [6.07, 6.45) is 21.7. The van der Waals surface area contributed by atoms with Gasteiger partial charge in [0.05, 0.1) is 22.9 Å². The van der Waals surface area contributed by atoms with Crippen LogP contribution in [-0.2, 0) is 26.2 Å². The molecule has 0 saturated heterocycles. The number of carbonyl (C=O) groups is 4. The number of aliphatic hydroxyl groups is 1. The molecule has 24 nitrogen and oxygen atoms in total. The molecule has 20 rings (SSSR count). The van der Waals surface area contributed by atoms with Crippen LogP contribution in [0.15, 0.2) is 121 Å². The van der Waals surface area contributed by atoms with Crippen LogP contribution in [0.2, 0.25) is 5.28 Å². The summed E-state index contributed by atoms with van der Waals surface area (Å²) < 4.78 is 30.3. The number of phenols is 1. The van der Waals surface area contributed by atoms with Crippen molar-refractivity contribution in [2.45, 2.75) is 356 Å². The summed E-state index contributed by atoms with van der Waals surface area (Å²) in [6.45, 7) is 60.8. The molecule has 6 aromatic carbocycles. The average molecular weight is 1930 g/mol. The molecule has 12 aliphatic rings. The minimum absolute atomic E-state index is 0.0100. The summed E-state index contributed by atoms with van der Waals surface area (Å²) in [5.41, 5.74) is 7.49. The second-order valence-electron chi connectivity index (χ2n) is 46.5. The Morgan fingerprint density at radius 1 is 0.396 bits per heavy atom. The van der Waals surface area contributed by atoms with Crippen molar-refractivity contribution in [3.05, 3.63) is 171 Å². The highest BCUT2D eigenvalue weighted by molar-refractivity contribution is 6.28. The number of nitrogens with zero attached hydrogens (tertiary/aromatic N) is 9. The summed E-state index contributed by atoms with van der Waals surface area (Å²) in [5.74, 6) is 9.42. The van der Waals surface area contributed by atoms with Gasteiger partial charge in [-0.1, -0.05) is 227 Å². The first-order chi connectivity index (χ1) is 65.9. The van der Waals surface area contributed by atoms with Crippen LogP contribution in [0.4, 0.5) is 0 Å². The summed E-state index contributed by atoms with van der Waals surface area (Å²) in [4.78, 5) is 58.4. The first-order valence-corrected chi connectivity index (χ1v) is 53.0. The largest absolute Gasteiger partial charge is 0.508 e. The summed E-state index contributed by atoms with van der Waals surface area (Å²) in [5, 5.41) is 55.9. The number of aliphatic hydroxyl groups excluding tert-OH is 1. The number of ether oxygens (including phenoxy) is 4. The predicted octanol–water partition coefficient (Wildman–Crippen LogP) is 23.7. The first-order valence-electron chi connectivity index (χ1n) is 52.7. The van der Waals surface area contributed by atoms with Gasteiger partial charge in [0, 0.05) is 122 Å². The Bertz CT molecular complexity index is 5630. The Hall–Kier alpha value is -9.68. The summed E-state index contributed by atoms with van der Waals surface area (Å²) in [6, 6.07) is 37.8. The number of amides is 4. The number of halogens is 1. The van der Waals surface area contributed by atoms with Crippen molar-refractivity contribution in [2.24, 2.45) is 108 Å². The van der Waals surface area contributed by atoms with E-state index in [-0.39, 0.29) is 112 Å². The summed E-state index contributed by atoms with van der Waals surface area (Å²) in [7, 11) is 0. The Labute approximate surface area is 831 Å². The van der Waals surface area contributed by atoms with Crippen LogP contribution in [-0.4, -0.2) is 103 Å². The van der Waals surface area contributed by atoms with Crippen molar-refractivity contribution >= 4 is 35.2 Å². The molecule has 0 radical (unpaired) electrons. The molecular weight excluding hydrogens is 1760 g/mol. The monoisotopic (exact) mass is 1920 g/mol. The number of phenolic OH excluding ortho intramolecular Hbond substituents is 1. The second kappa shape index (κ2) is 39.6. The van der Waals surface area contributed by atoms with E-state index >= 15 is 0 Å². The molecule has 0 bridgehead atoms. The Kier molecular flexibility index (Phi) is 29.5. The SMILES string of the molecule is CC.CCC1(C)C(C)CCC2C(C)(C)C(C)CCC21Oc1cc(O)cc2c1CNC2=O.CCC1(C)C(C)CCC2C(C)(C)C(C)CCC21Oc1cc(On2nnn[n+]2-c2ccccc2)cc2c1CNC2=O.CCC1(C)C(C)CCC2C(C)(C)C(C)CCC21Oc1cccc2c1CNC2=O.CCC1(C)C(C)CCC2C(C)(C)C(O)CCC21Oc1cccc2c1CNC2=O.Clc1nnnn1-c1ccccc1. The maximum atomic E-state index is 12.9. The van der Waals surface area contributed by atoms with Gasteiger partial charge in [0.2, 0.25) is 15.7 Å². The smallest absolute Gasteiger partial charge is 0.252 e. The van der Waals surface area contributed by atoms with Crippen LogP contribution in [0.1, 0.15) is 365 Å². The zero-order chi connectivity index (χ0) is 101. The Morgan fingerprint density at radius 3 is 1.14 bits per heavy atom. The number of hydrogen-bond donors (Lipinski definition) is 6. The standard InChI is InChI=1S/C31H40N6O3.C25H37NO3.C25H37NO2.C24H35NO3.C7H5ClN4.C2H6/c1-7-30(6)21(3)13-14-27-29(4,5)20(2)15-16-31(27,30)39-26-18-23(17-24-25(26)19-32-28(24)38)40-37-35-33-34-36(37)22-11-9-8-10-12-22;1-7-24(6)16(3)8-9-21-23(4,5)15(2)10-11-25(21,24)29-20-13-17(27)12-18-19(20)14-26-22(18)28;1-7-24(6)17(3)11-12-21-23(4,5)16(2)13-14-25(21,24)28-20-10-8-9-18-19(20)15-26-22(18)27;1-6-23(5)15(2)10-11-19-22(3,4)20(26)12-13-24(19,23)28-18-9-7-8-16-17(18)14-25-21(16)27;8-7-9-10-11-12(7)6-4-2-1-3-5-6;1-2/h8-12,17-18,20-21,27H,7,13-16,19H2,1-6H3;12-13,15-16,21,27H,7-11,14H2,1-6H3,(H,26,28);8-10,16-17,21H,7,11-15H2,1-6H3,(H,26,27);7-9,15,19-20,26H,6,10-14H2,1-5H3,(H,25,27);1-5H;1-2H3/p+1. The number of aromatic hydroxyl groups is 1. The van der Waals surface area contributed by atoms with E-state index in [0.717, 1.165) is 140 Å². The lowest BCUT2D eigenvalue weighted by Crippen LogP contribution is -2.68. The van der Waals surface area contributed by atoms with Gasteiger partial charge in [-0.05, 0) is 274 Å². The van der Waals surface area contributed by atoms with E-state index in [1.165, 1.54) is 59.4 Å². The fourth-order valence-electron chi connectivity index (χ4n) is 28.9. The van der Waals surface area contributed by atoms with Crippen molar-refractivity contribution < 1.29 is 58.0 Å². The highest BCUT2D eigenvalue weighted by Crippen LogP contribution is 2.71. The number of fused-ring (bicyclic) bond motifs is 8. The molecule has 2 aromatic heterocycles. The van der Waals surface area contributed by atoms with Crippen molar-refractivity contribution in [1.82, 2.24) is 62.1 Å². The van der Waals surface area contributed by atoms with Crippen LogP contribution >= 0.6 is 11.6 Å². The van der Waals surface area contributed by atoms with Crippen LogP contribution in [0.25, 0.3) is 11.4 Å². The minimum atomic E-state index is -0.355. The quantitative estimate of drug-likeness (QED) is 0.0490. The third-order valence-electron chi connectivity index (χ3n) is 40.4. The normalized spacial score (nSPS) is 33.5. The molecule has 4 amide bonds. The molecule has 8 saturated carbocycles. The van der Waals surface area contributed by atoms with Crippen molar-refractivity contribution in [2.75, 3.05) is 0 Å². The van der Waals surface area contributed by atoms with E-state index in [1.54, 1.807) is 18.2 Å². The molecule has 8 aliphatic carbocycles. The number of nitrogens with one attached hydrogen (secondary N) is 4. The van der Waals surface area contributed by atoms with Gasteiger partial charge in [0.1, 0.15) is 56.4 Å². The Morgan fingerprint density at radius 2 is 0.748 bits per heavy atom. The minimum Gasteiger partial charge on any atom is -0.508 e. The molecular formula is C114H161ClN13O11+. The molecule has 8 fully saturated rings. The fourth-order valence-corrected chi connectivity index (χ4v) is 29.1. The molecule has 754 valence electrons. The molecule has 20 unspecified atom stereocenters. The highest BCUT2D eigenvalue weighted by Gasteiger charge is 2.70. The number of carbonyl (C=O) groups excluding carboxylic acids is 4. The number of hydrogen-bond acceptors (Lipinski definition) is 17. The third-order valence-corrected chi connectivity index (χ3v) is 40.6. The molecule has 8 aromatic rings. The highest BCUT2D eigenvalue weighted by atomic mass is 35.5. The predicted molar refractivity (Wildman–Crippen MR) is 543 cm³/mol. The number of tetrazole rings is 1. The van der Waals surface area contributed by atoms with Gasteiger partial charge in [-0.25, -0.2) is 0 Å². The van der Waals surface area contributed by atoms with E-state index in [0.29, 0.717) is 114 Å². The number of para-hydroxylation sites is 2. The van der Waals surface area contributed by atoms with E-state index < -0.39 is 0 Å².